The molecule has 3 aromatic rings. The highest BCUT2D eigenvalue weighted by Gasteiger charge is 2.20. The number of methoxy groups -OCH3 is 2. The highest BCUT2D eigenvalue weighted by atomic mass is 16.5. The Hall–Kier alpha value is -3.02. The van der Waals surface area contributed by atoms with Gasteiger partial charge < -0.3 is 14.6 Å². The summed E-state index contributed by atoms with van der Waals surface area (Å²) in [5.41, 5.74) is 1.73. The Morgan fingerprint density at radius 2 is 1.91 bits per heavy atom. The van der Waals surface area contributed by atoms with E-state index in [-0.39, 0.29) is 5.69 Å². The largest absolute Gasteiger partial charge is 0.493 e. The van der Waals surface area contributed by atoms with Gasteiger partial charge in [-0.3, -0.25) is 4.40 Å². The van der Waals surface area contributed by atoms with Crippen molar-refractivity contribution < 1.29 is 19.4 Å². The zero-order valence-corrected chi connectivity index (χ0v) is 12.1. The number of imidazole rings is 1. The lowest BCUT2D eigenvalue weighted by atomic mass is 10.1. The molecule has 0 aliphatic heterocycles. The summed E-state index contributed by atoms with van der Waals surface area (Å²) in [6.07, 6.45) is 1.68. The van der Waals surface area contributed by atoms with E-state index in [1.54, 1.807) is 48.0 Å². The van der Waals surface area contributed by atoms with Gasteiger partial charge in [0.25, 0.3) is 0 Å². The summed E-state index contributed by atoms with van der Waals surface area (Å²) in [6.45, 7) is 0. The Labute approximate surface area is 126 Å². The van der Waals surface area contributed by atoms with Gasteiger partial charge in [0.15, 0.2) is 17.2 Å². The van der Waals surface area contributed by atoms with Crippen LogP contribution in [-0.4, -0.2) is 34.7 Å². The maximum absolute atomic E-state index is 11.6. The van der Waals surface area contributed by atoms with Crippen molar-refractivity contribution in [3.8, 4) is 22.8 Å². The van der Waals surface area contributed by atoms with E-state index in [0.29, 0.717) is 28.4 Å². The molecule has 0 radical (unpaired) electrons. The van der Waals surface area contributed by atoms with Crippen LogP contribution in [0.3, 0.4) is 0 Å². The van der Waals surface area contributed by atoms with Gasteiger partial charge in [-0.2, -0.15) is 0 Å². The van der Waals surface area contributed by atoms with Crippen LogP contribution < -0.4 is 9.47 Å². The molecule has 2 heterocycles. The van der Waals surface area contributed by atoms with Crippen LogP contribution in [0.2, 0.25) is 0 Å². The Morgan fingerprint density at radius 1 is 1.14 bits per heavy atom. The maximum atomic E-state index is 11.6. The molecule has 0 saturated carbocycles. The molecule has 0 amide bonds. The number of benzene rings is 1. The van der Waals surface area contributed by atoms with E-state index in [0.717, 1.165) is 0 Å². The Kier molecular flexibility index (Phi) is 3.42. The quantitative estimate of drug-likeness (QED) is 0.801. The van der Waals surface area contributed by atoms with E-state index in [4.69, 9.17) is 9.47 Å². The molecular weight excluding hydrogens is 284 g/mol. The molecule has 0 aliphatic carbocycles. The lowest BCUT2D eigenvalue weighted by molar-refractivity contribution is 0.0690. The van der Waals surface area contributed by atoms with Crippen LogP contribution >= 0.6 is 0 Å². The predicted octanol–water partition coefficient (Wildman–Crippen LogP) is 2.72. The number of carboxylic acids is 1. The van der Waals surface area contributed by atoms with Gasteiger partial charge in [0.1, 0.15) is 11.3 Å². The average Bonchev–Trinajstić information content (AvgIpc) is 2.93. The normalized spacial score (nSPS) is 10.6. The van der Waals surface area contributed by atoms with Crippen molar-refractivity contribution in [3.05, 3.63) is 48.3 Å². The molecule has 0 saturated heterocycles. The fraction of sp³-hybridized carbons (Fsp3) is 0.125. The molecule has 0 atom stereocenters. The van der Waals surface area contributed by atoms with Crippen molar-refractivity contribution in [2.75, 3.05) is 14.2 Å². The summed E-state index contributed by atoms with van der Waals surface area (Å²) in [4.78, 5) is 16.1. The summed E-state index contributed by atoms with van der Waals surface area (Å²) in [7, 11) is 3.08. The van der Waals surface area contributed by atoms with E-state index >= 15 is 0 Å². The Balaban J connectivity index is 2.26. The highest BCUT2D eigenvalue weighted by Crippen LogP contribution is 2.33. The molecule has 0 fully saturated rings. The van der Waals surface area contributed by atoms with Crippen molar-refractivity contribution in [1.29, 1.82) is 0 Å². The van der Waals surface area contributed by atoms with Crippen molar-refractivity contribution in [3.63, 3.8) is 0 Å². The van der Waals surface area contributed by atoms with Crippen LogP contribution in [0.5, 0.6) is 11.5 Å². The Morgan fingerprint density at radius 3 is 2.59 bits per heavy atom. The van der Waals surface area contributed by atoms with Crippen LogP contribution in [-0.2, 0) is 0 Å². The molecule has 0 spiro atoms. The molecule has 1 aromatic carbocycles. The summed E-state index contributed by atoms with van der Waals surface area (Å²) in [5.74, 6) is 0.0590. The molecule has 0 bridgehead atoms. The van der Waals surface area contributed by atoms with Crippen molar-refractivity contribution in [1.82, 2.24) is 9.38 Å². The van der Waals surface area contributed by atoms with Crippen molar-refractivity contribution in [2.24, 2.45) is 0 Å². The first-order valence-electron chi connectivity index (χ1n) is 6.58. The smallest absolute Gasteiger partial charge is 0.355 e. The number of hydrogen-bond acceptors (Lipinski definition) is 4. The van der Waals surface area contributed by atoms with Crippen LogP contribution in [0.4, 0.5) is 0 Å². The molecule has 22 heavy (non-hydrogen) atoms. The van der Waals surface area contributed by atoms with E-state index in [9.17, 15) is 9.90 Å². The molecule has 6 heteroatoms. The number of carbonyl (C=O) groups is 1. The molecule has 6 nitrogen and oxygen atoms in total. The average molecular weight is 298 g/mol. The molecule has 1 N–H and O–H groups in total. The molecular formula is C16H14N2O4. The fourth-order valence-corrected chi connectivity index (χ4v) is 2.38. The number of rotatable bonds is 4. The van der Waals surface area contributed by atoms with Gasteiger partial charge in [0.2, 0.25) is 0 Å². The van der Waals surface area contributed by atoms with Gasteiger partial charge in [0, 0.05) is 11.8 Å². The lowest BCUT2D eigenvalue weighted by Gasteiger charge is -2.09. The first kappa shape index (κ1) is 13.9. The maximum Gasteiger partial charge on any atom is 0.355 e. The SMILES string of the molecule is COc1ccc(-c2nc3ccccn3c2C(=O)O)cc1OC. The topological polar surface area (TPSA) is 73.1 Å². The molecule has 2 aromatic heterocycles. The van der Waals surface area contributed by atoms with Gasteiger partial charge >= 0.3 is 5.97 Å². The van der Waals surface area contributed by atoms with E-state index in [2.05, 4.69) is 4.98 Å². The summed E-state index contributed by atoms with van der Waals surface area (Å²) in [6, 6.07) is 10.5. The van der Waals surface area contributed by atoms with Crippen molar-refractivity contribution in [2.45, 2.75) is 0 Å². The third-order valence-corrected chi connectivity index (χ3v) is 3.39. The van der Waals surface area contributed by atoms with Gasteiger partial charge in [-0.25, -0.2) is 9.78 Å². The molecule has 112 valence electrons. The first-order chi connectivity index (χ1) is 10.7. The van der Waals surface area contributed by atoms with E-state index < -0.39 is 5.97 Å². The Bertz CT molecular complexity index is 854. The number of fused-ring (bicyclic) bond motifs is 1. The monoisotopic (exact) mass is 298 g/mol. The second kappa shape index (κ2) is 5.40. The standard InChI is InChI=1S/C16H14N2O4/c1-21-11-7-6-10(9-12(11)22-2)14-15(16(19)20)18-8-4-3-5-13(18)17-14/h3-9H,1-2H3,(H,19,20). The molecule has 0 aliphatic rings. The third-order valence-electron chi connectivity index (χ3n) is 3.39. The number of hydrogen-bond donors (Lipinski definition) is 1. The zero-order valence-electron chi connectivity index (χ0n) is 12.1. The van der Waals surface area contributed by atoms with Gasteiger partial charge in [-0.15, -0.1) is 0 Å². The van der Waals surface area contributed by atoms with Crippen molar-refractivity contribution >= 4 is 11.6 Å². The number of ether oxygens (including phenoxy) is 2. The minimum atomic E-state index is -1.04. The van der Waals surface area contributed by atoms with Gasteiger partial charge in [-0.1, -0.05) is 6.07 Å². The number of pyridine rings is 1. The highest BCUT2D eigenvalue weighted by molar-refractivity contribution is 5.95. The summed E-state index contributed by atoms with van der Waals surface area (Å²) in [5, 5.41) is 9.52. The van der Waals surface area contributed by atoms with Crippen LogP contribution in [0.1, 0.15) is 10.5 Å². The summed E-state index contributed by atoms with van der Waals surface area (Å²) >= 11 is 0. The first-order valence-corrected chi connectivity index (χ1v) is 6.58. The van der Waals surface area contributed by atoms with Gasteiger partial charge in [-0.05, 0) is 30.3 Å². The number of carboxylic acid groups (broad SMARTS) is 1. The summed E-state index contributed by atoms with van der Waals surface area (Å²) < 4.78 is 12.0. The number of aromatic carboxylic acids is 1. The van der Waals surface area contributed by atoms with Crippen LogP contribution in [0.15, 0.2) is 42.6 Å². The lowest BCUT2D eigenvalue weighted by Crippen LogP contribution is -2.03. The minimum absolute atomic E-state index is 0.114. The van der Waals surface area contributed by atoms with Crippen LogP contribution in [0.25, 0.3) is 16.9 Å². The fourth-order valence-electron chi connectivity index (χ4n) is 2.38. The predicted molar refractivity (Wildman–Crippen MR) is 80.7 cm³/mol. The number of nitrogens with zero attached hydrogens (tertiary/aromatic N) is 2. The third kappa shape index (κ3) is 2.14. The second-order valence-corrected chi connectivity index (χ2v) is 4.61. The number of aromatic nitrogens is 2. The minimum Gasteiger partial charge on any atom is -0.493 e. The van der Waals surface area contributed by atoms with E-state index in [1.807, 2.05) is 6.07 Å². The van der Waals surface area contributed by atoms with Gasteiger partial charge in [0.05, 0.1) is 14.2 Å². The van der Waals surface area contributed by atoms with E-state index in [1.165, 1.54) is 7.11 Å². The van der Waals surface area contributed by atoms with Crippen LogP contribution in [0, 0.1) is 0 Å². The zero-order chi connectivity index (χ0) is 15.7. The second-order valence-electron chi connectivity index (χ2n) is 4.61. The molecule has 0 unspecified atom stereocenters. The molecule has 3 rings (SSSR count).